The van der Waals surface area contributed by atoms with Crippen molar-refractivity contribution in [3.63, 3.8) is 0 Å². The number of anilines is 2. The maximum absolute atomic E-state index is 11.5. The summed E-state index contributed by atoms with van der Waals surface area (Å²) < 4.78 is 6.23. The number of benzene rings is 1. The Bertz CT molecular complexity index is 649. The summed E-state index contributed by atoms with van der Waals surface area (Å²) in [5, 5.41) is 6.83. The van der Waals surface area contributed by atoms with Crippen LogP contribution in [0, 0.1) is 0 Å². The van der Waals surface area contributed by atoms with Crippen LogP contribution in [-0.4, -0.2) is 29.8 Å². The standard InChI is InChI=1S/C15H22N4O2S/c1-15(2,3)21-14(20)18-8-4-7-17-13-19-11-6-5-10(16)9-12(11)22-13/h5-6,9H,4,7-8,16H2,1-3H3,(H,17,19)(H,18,20). The highest BCUT2D eigenvalue weighted by Crippen LogP contribution is 2.27. The third-order valence-electron chi connectivity index (χ3n) is 2.71. The third-order valence-corrected chi connectivity index (χ3v) is 3.69. The van der Waals surface area contributed by atoms with E-state index < -0.39 is 5.60 Å². The highest BCUT2D eigenvalue weighted by atomic mass is 32.1. The van der Waals surface area contributed by atoms with Crippen molar-refractivity contribution in [2.75, 3.05) is 24.1 Å². The van der Waals surface area contributed by atoms with E-state index in [1.807, 2.05) is 39.0 Å². The van der Waals surface area contributed by atoms with Gasteiger partial charge in [-0.3, -0.25) is 0 Å². The van der Waals surface area contributed by atoms with Crippen LogP contribution in [0.5, 0.6) is 0 Å². The lowest BCUT2D eigenvalue weighted by Gasteiger charge is -2.19. The van der Waals surface area contributed by atoms with Gasteiger partial charge in [0.15, 0.2) is 5.13 Å². The van der Waals surface area contributed by atoms with Crippen LogP contribution in [0.2, 0.25) is 0 Å². The van der Waals surface area contributed by atoms with Gasteiger partial charge in [-0.2, -0.15) is 0 Å². The molecule has 2 aromatic rings. The minimum absolute atomic E-state index is 0.386. The van der Waals surface area contributed by atoms with Crippen molar-refractivity contribution in [2.24, 2.45) is 0 Å². The molecule has 7 heteroatoms. The minimum atomic E-state index is -0.467. The molecule has 4 N–H and O–H groups in total. The zero-order valence-electron chi connectivity index (χ0n) is 13.1. The van der Waals surface area contributed by atoms with Crippen LogP contribution in [0.3, 0.4) is 0 Å². The van der Waals surface area contributed by atoms with Crippen LogP contribution in [0.15, 0.2) is 18.2 Å². The number of ether oxygens (including phenoxy) is 1. The van der Waals surface area contributed by atoms with Gasteiger partial charge in [0, 0.05) is 18.8 Å². The van der Waals surface area contributed by atoms with Crippen molar-refractivity contribution in [2.45, 2.75) is 32.8 Å². The summed E-state index contributed by atoms with van der Waals surface area (Å²) in [6.07, 6.45) is 0.403. The molecular weight excluding hydrogens is 300 g/mol. The molecule has 0 aliphatic heterocycles. The molecule has 0 atom stereocenters. The van der Waals surface area contributed by atoms with Gasteiger partial charge in [-0.05, 0) is 45.4 Å². The monoisotopic (exact) mass is 322 g/mol. The van der Waals surface area contributed by atoms with Crippen molar-refractivity contribution in [3.05, 3.63) is 18.2 Å². The van der Waals surface area contributed by atoms with Crippen molar-refractivity contribution in [3.8, 4) is 0 Å². The number of hydrogen-bond acceptors (Lipinski definition) is 6. The molecule has 0 spiro atoms. The van der Waals surface area contributed by atoms with E-state index in [0.717, 1.165) is 34.0 Å². The fraction of sp³-hybridized carbons (Fsp3) is 0.467. The molecule has 0 radical (unpaired) electrons. The molecule has 6 nitrogen and oxygen atoms in total. The average Bonchev–Trinajstić information content (AvgIpc) is 2.78. The van der Waals surface area contributed by atoms with Gasteiger partial charge in [-0.15, -0.1) is 0 Å². The Hall–Kier alpha value is -2.02. The Morgan fingerprint density at radius 1 is 1.36 bits per heavy atom. The lowest BCUT2D eigenvalue weighted by atomic mass is 10.2. The summed E-state index contributed by atoms with van der Waals surface area (Å²) in [6.45, 7) is 6.81. The molecule has 2 rings (SSSR count). The summed E-state index contributed by atoms with van der Waals surface area (Å²) in [5.41, 5.74) is 6.96. The van der Waals surface area contributed by atoms with Gasteiger partial charge in [0.25, 0.3) is 0 Å². The molecule has 22 heavy (non-hydrogen) atoms. The van der Waals surface area contributed by atoms with E-state index in [1.54, 1.807) is 11.3 Å². The van der Waals surface area contributed by atoms with Gasteiger partial charge in [0.2, 0.25) is 0 Å². The van der Waals surface area contributed by atoms with Crippen LogP contribution in [0.1, 0.15) is 27.2 Å². The van der Waals surface area contributed by atoms with E-state index in [-0.39, 0.29) is 6.09 Å². The first-order valence-electron chi connectivity index (χ1n) is 7.20. The van der Waals surface area contributed by atoms with Crippen molar-refractivity contribution < 1.29 is 9.53 Å². The van der Waals surface area contributed by atoms with Crippen LogP contribution < -0.4 is 16.4 Å². The Balaban J connectivity index is 1.71. The number of hydrogen-bond donors (Lipinski definition) is 3. The second-order valence-corrected chi connectivity index (χ2v) is 6.99. The van der Waals surface area contributed by atoms with Gasteiger partial charge in [0.1, 0.15) is 5.60 Å². The number of rotatable bonds is 5. The molecule has 0 saturated carbocycles. The Kier molecular flexibility index (Phi) is 5.07. The largest absolute Gasteiger partial charge is 0.444 e. The van der Waals surface area contributed by atoms with E-state index in [0.29, 0.717) is 6.54 Å². The van der Waals surface area contributed by atoms with Gasteiger partial charge < -0.3 is 21.1 Å². The first kappa shape index (κ1) is 16.4. The number of nitrogen functional groups attached to an aromatic ring is 1. The van der Waals surface area contributed by atoms with E-state index >= 15 is 0 Å². The molecule has 120 valence electrons. The lowest BCUT2D eigenvalue weighted by Crippen LogP contribution is -2.33. The lowest BCUT2D eigenvalue weighted by molar-refractivity contribution is 0.0528. The SMILES string of the molecule is CC(C)(C)OC(=O)NCCCNc1nc2ccc(N)cc2s1. The number of nitrogens with two attached hydrogens (primary N) is 1. The molecule has 0 fully saturated rings. The molecule has 1 aromatic heterocycles. The van der Waals surface area contributed by atoms with E-state index in [1.165, 1.54) is 0 Å². The fourth-order valence-electron chi connectivity index (χ4n) is 1.81. The summed E-state index contributed by atoms with van der Waals surface area (Å²) in [6, 6.07) is 5.68. The molecule has 0 bridgehead atoms. The Morgan fingerprint density at radius 3 is 2.86 bits per heavy atom. The molecule has 0 aliphatic carbocycles. The first-order valence-corrected chi connectivity index (χ1v) is 8.02. The zero-order valence-corrected chi connectivity index (χ0v) is 13.9. The van der Waals surface area contributed by atoms with Gasteiger partial charge in [0.05, 0.1) is 10.2 Å². The predicted molar refractivity (Wildman–Crippen MR) is 91.4 cm³/mol. The Labute approximate surface area is 134 Å². The second kappa shape index (κ2) is 6.83. The number of carbonyl (C=O) groups is 1. The number of amides is 1. The second-order valence-electron chi connectivity index (χ2n) is 5.96. The first-order chi connectivity index (χ1) is 10.3. The molecule has 1 heterocycles. The maximum atomic E-state index is 11.5. The van der Waals surface area contributed by atoms with Crippen LogP contribution in [0.4, 0.5) is 15.6 Å². The van der Waals surface area contributed by atoms with E-state index in [2.05, 4.69) is 15.6 Å². The summed E-state index contributed by atoms with van der Waals surface area (Å²) in [4.78, 5) is 15.9. The van der Waals surface area contributed by atoms with Crippen LogP contribution >= 0.6 is 11.3 Å². The quantitative estimate of drug-likeness (QED) is 0.581. The zero-order chi connectivity index (χ0) is 16.2. The van der Waals surface area contributed by atoms with Crippen molar-refractivity contribution >= 4 is 38.5 Å². The molecule has 1 aromatic carbocycles. The summed E-state index contributed by atoms with van der Waals surface area (Å²) >= 11 is 1.57. The molecule has 0 aliphatic rings. The number of fused-ring (bicyclic) bond motifs is 1. The van der Waals surface area contributed by atoms with E-state index in [4.69, 9.17) is 10.5 Å². The summed E-state index contributed by atoms with van der Waals surface area (Å²) in [7, 11) is 0. The third kappa shape index (κ3) is 5.07. The fourth-order valence-corrected chi connectivity index (χ4v) is 2.74. The topological polar surface area (TPSA) is 89.3 Å². The smallest absolute Gasteiger partial charge is 0.407 e. The molecule has 0 saturated heterocycles. The average molecular weight is 322 g/mol. The minimum Gasteiger partial charge on any atom is -0.444 e. The summed E-state index contributed by atoms with van der Waals surface area (Å²) in [5.74, 6) is 0. The highest BCUT2D eigenvalue weighted by Gasteiger charge is 2.15. The molecule has 1 amide bonds. The number of nitrogens with one attached hydrogen (secondary N) is 2. The predicted octanol–water partition coefficient (Wildman–Crippen LogP) is 3.21. The van der Waals surface area contributed by atoms with Crippen LogP contribution in [0.25, 0.3) is 10.2 Å². The Morgan fingerprint density at radius 2 is 2.14 bits per heavy atom. The van der Waals surface area contributed by atoms with E-state index in [9.17, 15) is 4.79 Å². The maximum Gasteiger partial charge on any atom is 0.407 e. The van der Waals surface area contributed by atoms with Gasteiger partial charge in [-0.1, -0.05) is 11.3 Å². The van der Waals surface area contributed by atoms with Crippen LogP contribution in [-0.2, 0) is 4.74 Å². The van der Waals surface area contributed by atoms with Gasteiger partial charge in [-0.25, -0.2) is 9.78 Å². The number of alkyl carbamates (subject to hydrolysis) is 1. The van der Waals surface area contributed by atoms with Gasteiger partial charge >= 0.3 is 6.09 Å². The molecule has 0 unspecified atom stereocenters. The molecular formula is C15H22N4O2S. The number of carbonyl (C=O) groups excluding carboxylic acids is 1. The highest BCUT2D eigenvalue weighted by molar-refractivity contribution is 7.22. The number of nitrogens with zero attached hydrogens (tertiary/aromatic N) is 1. The number of thiazole rings is 1. The normalized spacial score (nSPS) is 11.4. The van der Waals surface area contributed by atoms with Crippen molar-refractivity contribution in [1.29, 1.82) is 0 Å². The van der Waals surface area contributed by atoms with Crippen molar-refractivity contribution in [1.82, 2.24) is 10.3 Å². The number of aromatic nitrogens is 1.